The van der Waals surface area contributed by atoms with Crippen molar-refractivity contribution in [1.82, 2.24) is 0 Å². The van der Waals surface area contributed by atoms with E-state index in [-0.39, 0.29) is 12.0 Å². The summed E-state index contributed by atoms with van der Waals surface area (Å²) in [6, 6.07) is 32.5. The first-order valence-corrected chi connectivity index (χ1v) is 18.3. The number of para-hydroxylation sites is 2. The van der Waals surface area contributed by atoms with Gasteiger partial charge in [0.05, 0.1) is 23.1 Å². The highest BCUT2D eigenvalue weighted by Gasteiger charge is 2.32. The molecule has 0 aromatic heterocycles. The second kappa shape index (κ2) is 16.4. The van der Waals surface area contributed by atoms with Gasteiger partial charge < -0.3 is 10.2 Å². The van der Waals surface area contributed by atoms with Crippen LogP contribution in [0.3, 0.4) is 0 Å². The largest absolute Gasteiger partial charge is 0.369 e. The van der Waals surface area contributed by atoms with Gasteiger partial charge in [0, 0.05) is 30.8 Å². The van der Waals surface area contributed by atoms with Crippen LogP contribution >= 0.6 is 12.6 Å². The van der Waals surface area contributed by atoms with Crippen LogP contribution in [-0.4, -0.2) is 25.3 Å². The fourth-order valence-corrected chi connectivity index (χ4v) is 7.35. The number of hydrogen-bond acceptors (Lipinski definition) is 4. The Morgan fingerprint density at radius 1 is 0.880 bits per heavy atom. The number of hydrogen-bond donors (Lipinski definition) is 2. The number of nitrogens with zero attached hydrogens (tertiary/aromatic N) is 2. The standard InChI is InChI=1S/C46H53N3S/c1-10-42-38-21-15-14-20-37(38)39(25-24-32(6)26-34(8)50)45(47-42)33(7)29-49(9)44-23-17-16-22-43(44)48-46-40(30(2)3)27-36(28-41(46)31(4)5)35-18-12-11-13-19-35/h10-23,26-28,30-31,39,45,48,50H,1,6-7,24-25,29H2,2-5,8-9H3/b34-26+. The average Bonchev–Trinajstić information content (AvgIpc) is 3.10. The molecule has 1 N–H and O–H groups in total. The lowest BCUT2D eigenvalue weighted by Gasteiger charge is -2.35. The van der Waals surface area contributed by atoms with Gasteiger partial charge in [-0.25, -0.2) is 0 Å². The maximum absolute atomic E-state index is 5.29. The number of nitrogens with one attached hydrogen (secondary N) is 1. The van der Waals surface area contributed by atoms with E-state index in [1.165, 1.54) is 33.5 Å². The van der Waals surface area contributed by atoms with Crippen LogP contribution in [0.2, 0.25) is 0 Å². The van der Waals surface area contributed by atoms with Crippen molar-refractivity contribution in [2.75, 3.05) is 23.8 Å². The molecule has 258 valence electrons. The Morgan fingerprint density at radius 2 is 1.50 bits per heavy atom. The summed E-state index contributed by atoms with van der Waals surface area (Å²) in [4.78, 5) is 8.56. The molecule has 2 unspecified atom stereocenters. The molecule has 0 amide bonds. The Kier molecular flexibility index (Phi) is 12.1. The van der Waals surface area contributed by atoms with Crippen LogP contribution in [0.15, 0.2) is 144 Å². The topological polar surface area (TPSA) is 27.6 Å². The Labute approximate surface area is 306 Å². The van der Waals surface area contributed by atoms with Crippen molar-refractivity contribution < 1.29 is 0 Å². The van der Waals surface area contributed by atoms with Gasteiger partial charge in [0.2, 0.25) is 0 Å². The molecule has 4 heteroatoms. The molecule has 0 saturated carbocycles. The first-order valence-electron chi connectivity index (χ1n) is 17.8. The first-order chi connectivity index (χ1) is 24.0. The minimum absolute atomic E-state index is 0.0834. The van der Waals surface area contributed by atoms with Gasteiger partial charge in [-0.1, -0.05) is 126 Å². The normalized spacial score (nSPS) is 15.8. The van der Waals surface area contributed by atoms with Crippen LogP contribution in [0.4, 0.5) is 17.1 Å². The Balaban J connectivity index is 1.46. The number of fused-ring (bicyclic) bond motifs is 1. The van der Waals surface area contributed by atoms with Crippen molar-refractivity contribution >= 4 is 35.4 Å². The van der Waals surface area contributed by atoms with Gasteiger partial charge >= 0.3 is 0 Å². The number of anilines is 3. The molecule has 0 saturated heterocycles. The molecule has 5 rings (SSSR count). The van der Waals surface area contributed by atoms with Crippen LogP contribution in [0.5, 0.6) is 0 Å². The summed E-state index contributed by atoms with van der Waals surface area (Å²) in [7, 11) is 2.16. The van der Waals surface area contributed by atoms with Gasteiger partial charge in [-0.2, -0.15) is 0 Å². The molecule has 1 aliphatic heterocycles. The second-order valence-corrected chi connectivity index (χ2v) is 14.9. The zero-order valence-electron chi connectivity index (χ0n) is 30.7. The van der Waals surface area contributed by atoms with Crippen molar-refractivity contribution in [3.63, 3.8) is 0 Å². The fraction of sp³-hybridized carbons (Fsp3) is 0.283. The third-order valence-electron chi connectivity index (χ3n) is 9.66. The first kappa shape index (κ1) is 36.7. The SMILES string of the molecule is C=CC1=NC(C(=C)CN(C)c2ccccc2Nc2c(C(C)C)cc(-c3ccccc3)cc2C(C)C)C(CCC(=C)/C=C(\C)S)c2ccccc21. The van der Waals surface area contributed by atoms with Gasteiger partial charge in [-0.3, -0.25) is 4.99 Å². The van der Waals surface area contributed by atoms with E-state index >= 15 is 0 Å². The molecule has 3 nitrogen and oxygen atoms in total. The number of rotatable bonds is 14. The lowest BCUT2D eigenvalue weighted by molar-refractivity contribution is 0.537. The van der Waals surface area contributed by atoms with E-state index in [2.05, 4.69) is 174 Å². The van der Waals surface area contributed by atoms with Gasteiger partial charge in [0.1, 0.15) is 0 Å². The molecule has 2 atom stereocenters. The summed E-state index contributed by atoms with van der Waals surface area (Å²) < 4.78 is 0. The number of allylic oxidation sites excluding steroid dienone is 4. The van der Waals surface area contributed by atoms with Gasteiger partial charge in [-0.15, -0.1) is 12.6 Å². The predicted octanol–water partition coefficient (Wildman–Crippen LogP) is 12.6. The number of likely N-dealkylation sites (N-methyl/N-ethyl adjacent to an activating group) is 1. The molecule has 4 aromatic carbocycles. The maximum Gasteiger partial charge on any atom is 0.0799 e. The minimum Gasteiger partial charge on any atom is -0.369 e. The summed E-state index contributed by atoms with van der Waals surface area (Å²) in [5.74, 6) is 0.865. The molecule has 4 aromatic rings. The van der Waals surface area contributed by atoms with Crippen LogP contribution < -0.4 is 10.2 Å². The monoisotopic (exact) mass is 679 g/mol. The molecule has 1 heterocycles. The highest BCUT2D eigenvalue weighted by molar-refractivity contribution is 7.84. The maximum atomic E-state index is 5.29. The van der Waals surface area contributed by atoms with E-state index in [0.29, 0.717) is 18.4 Å². The van der Waals surface area contributed by atoms with Crippen molar-refractivity contribution in [2.45, 2.75) is 71.3 Å². The summed E-state index contributed by atoms with van der Waals surface area (Å²) in [5.41, 5.74) is 14.1. The van der Waals surface area contributed by atoms with Crippen LogP contribution in [0.1, 0.15) is 87.5 Å². The minimum atomic E-state index is -0.0834. The van der Waals surface area contributed by atoms with Crippen LogP contribution in [-0.2, 0) is 0 Å². The highest BCUT2D eigenvalue weighted by Crippen LogP contribution is 2.42. The van der Waals surface area contributed by atoms with Gasteiger partial charge in [0.15, 0.2) is 0 Å². The lowest BCUT2D eigenvalue weighted by atomic mass is 9.78. The number of benzene rings is 4. The molecule has 1 aliphatic rings. The Hall–Kier alpha value is -4.54. The fourth-order valence-electron chi connectivity index (χ4n) is 7.16. The van der Waals surface area contributed by atoms with E-state index in [0.717, 1.165) is 51.5 Å². The zero-order chi connectivity index (χ0) is 35.9. The molecular formula is C46H53N3S. The van der Waals surface area contributed by atoms with E-state index in [4.69, 9.17) is 4.99 Å². The third-order valence-corrected chi connectivity index (χ3v) is 9.79. The van der Waals surface area contributed by atoms with Gasteiger partial charge in [0.25, 0.3) is 0 Å². The molecule has 0 radical (unpaired) electrons. The van der Waals surface area contributed by atoms with E-state index < -0.39 is 0 Å². The molecule has 0 fully saturated rings. The molecule has 0 bridgehead atoms. The number of aliphatic imine (C=N–C) groups is 1. The van der Waals surface area contributed by atoms with E-state index in [1.54, 1.807) is 0 Å². The van der Waals surface area contributed by atoms with Crippen molar-refractivity contribution in [3.05, 3.63) is 161 Å². The average molecular weight is 680 g/mol. The predicted molar refractivity (Wildman–Crippen MR) is 223 cm³/mol. The molecular weight excluding hydrogens is 627 g/mol. The number of thiol groups is 1. The second-order valence-electron chi connectivity index (χ2n) is 14.2. The summed E-state index contributed by atoms with van der Waals surface area (Å²) >= 11 is 4.48. The third kappa shape index (κ3) is 8.42. The zero-order valence-corrected chi connectivity index (χ0v) is 31.6. The smallest absolute Gasteiger partial charge is 0.0799 e. The van der Waals surface area contributed by atoms with Crippen LogP contribution in [0.25, 0.3) is 11.1 Å². The van der Waals surface area contributed by atoms with Crippen LogP contribution in [0, 0.1) is 0 Å². The van der Waals surface area contributed by atoms with Crippen molar-refractivity contribution in [3.8, 4) is 11.1 Å². The van der Waals surface area contributed by atoms with Crippen molar-refractivity contribution in [2.24, 2.45) is 4.99 Å². The molecule has 0 spiro atoms. The Bertz CT molecular complexity index is 1880. The summed E-state index contributed by atoms with van der Waals surface area (Å²) in [6.07, 6.45) is 5.72. The lowest BCUT2D eigenvalue weighted by Crippen LogP contribution is -2.32. The molecule has 50 heavy (non-hydrogen) atoms. The summed E-state index contributed by atoms with van der Waals surface area (Å²) in [6.45, 7) is 24.9. The Morgan fingerprint density at radius 3 is 2.14 bits per heavy atom. The highest BCUT2D eigenvalue weighted by atomic mass is 32.1. The van der Waals surface area contributed by atoms with E-state index in [9.17, 15) is 0 Å². The quantitative estimate of drug-likeness (QED) is 0.0788. The summed E-state index contributed by atoms with van der Waals surface area (Å²) in [5, 5.41) is 3.94. The van der Waals surface area contributed by atoms with Gasteiger partial charge in [-0.05, 0) is 100 Å². The van der Waals surface area contributed by atoms with Crippen molar-refractivity contribution in [1.29, 1.82) is 0 Å². The van der Waals surface area contributed by atoms with E-state index in [1.807, 2.05) is 13.0 Å². The molecule has 0 aliphatic carbocycles.